The third kappa shape index (κ3) is 3.84. The number of hydrogen-bond acceptors (Lipinski definition) is 4. The Morgan fingerprint density at radius 2 is 1.90 bits per heavy atom. The Morgan fingerprint density at radius 1 is 1.13 bits per heavy atom. The molecule has 0 saturated heterocycles. The highest BCUT2D eigenvalue weighted by Crippen LogP contribution is 2.19. The van der Waals surface area contributed by atoms with Crippen molar-refractivity contribution in [2.75, 3.05) is 5.32 Å². The lowest BCUT2D eigenvalue weighted by Gasteiger charge is -2.09. The standard InChI is InChI=1S/C22H20ClN5O2/c1-14-20-21(28(26-14)17-9-4-3-5-10-17)27(2)22(30)18(25-20)11-12-19(29)24-16-8-6-7-15(23)13-16/h3-10,13H,11-12H2,1-2H3,(H,24,29). The Bertz CT molecular complexity index is 1290. The van der Waals surface area contributed by atoms with Crippen molar-refractivity contribution in [3.63, 3.8) is 0 Å². The van der Waals surface area contributed by atoms with Gasteiger partial charge in [0.25, 0.3) is 5.56 Å². The smallest absolute Gasteiger partial charge is 0.273 e. The lowest BCUT2D eigenvalue weighted by Crippen LogP contribution is -2.25. The fraction of sp³-hybridized carbons (Fsp3) is 0.182. The zero-order valence-corrected chi connectivity index (χ0v) is 17.3. The molecule has 0 spiro atoms. The first-order chi connectivity index (χ1) is 14.4. The highest BCUT2D eigenvalue weighted by atomic mass is 35.5. The molecule has 1 amide bonds. The number of halogens is 1. The predicted molar refractivity (Wildman–Crippen MR) is 117 cm³/mol. The van der Waals surface area contributed by atoms with Gasteiger partial charge in [-0.3, -0.25) is 14.2 Å². The predicted octanol–water partition coefficient (Wildman–Crippen LogP) is 3.65. The number of nitrogens with one attached hydrogen (secondary N) is 1. The zero-order valence-electron chi connectivity index (χ0n) is 16.6. The number of anilines is 1. The first-order valence-corrected chi connectivity index (χ1v) is 9.88. The van der Waals surface area contributed by atoms with Crippen LogP contribution in [0, 0.1) is 6.92 Å². The number of carbonyl (C=O) groups is 1. The fourth-order valence-electron chi connectivity index (χ4n) is 3.34. The lowest BCUT2D eigenvalue weighted by atomic mass is 10.2. The molecule has 0 fully saturated rings. The summed E-state index contributed by atoms with van der Waals surface area (Å²) in [5.41, 5.74) is 3.54. The van der Waals surface area contributed by atoms with Crippen LogP contribution in [0.25, 0.3) is 16.9 Å². The second kappa shape index (κ2) is 8.12. The van der Waals surface area contributed by atoms with Crippen LogP contribution in [0.1, 0.15) is 17.8 Å². The SMILES string of the molecule is Cc1nn(-c2ccccc2)c2c1nc(CCC(=O)Nc1cccc(Cl)c1)c(=O)n2C. The van der Waals surface area contributed by atoms with Crippen LogP contribution in [0.2, 0.25) is 5.02 Å². The number of rotatable bonds is 5. The number of hydrogen-bond donors (Lipinski definition) is 1. The summed E-state index contributed by atoms with van der Waals surface area (Å²) in [5.74, 6) is -0.210. The highest BCUT2D eigenvalue weighted by Gasteiger charge is 2.18. The summed E-state index contributed by atoms with van der Waals surface area (Å²) >= 11 is 5.94. The average molecular weight is 422 g/mol. The second-order valence-corrected chi connectivity index (χ2v) is 7.42. The molecule has 0 aliphatic heterocycles. The molecular formula is C22H20ClN5O2. The van der Waals surface area contributed by atoms with Gasteiger partial charge < -0.3 is 5.32 Å². The van der Waals surface area contributed by atoms with Crippen molar-refractivity contribution in [3.05, 3.63) is 81.4 Å². The number of para-hydroxylation sites is 1. The Hall–Kier alpha value is -3.45. The van der Waals surface area contributed by atoms with E-state index in [1.54, 1.807) is 40.6 Å². The summed E-state index contributed by atoms with van der Waals surface area (Å²) in [5, 5.41) is 7.89. The van der Waals surface area contributed by atoms with Gasteiger partial charge in [0.1, 0.15) is 11.2 Å². The van der Waals surface area contributed by atoms with Crippen molar-refractivity contribution in [1.29, 1.82) is 0 Å². The molecule has 4 rings (SSSR count). The minimum absolute atomic E-state index is 0.131. The Morgan fingerprint density at radius 3 is 2.63 bits per heavy atom. The molecule has 2 aromatic heterocycles. The number of aryl methyl sites for hydroxylation is 3. The summed E-state index contributed by atoms with van der Waals surface area (Å²) in [6, 6.07) is 16.5. The summed E-state index contributed by atoms with van der Waals surface area (Å²) in [4.78, 5) is 29.8. The quantitative estimate of drug-likeness (QED) is 0.533. The highest BCUT2D eigenvalue weighted by molar-refractivity contribution is 6.30. The summed E-state index contributed by atoms with van der Waals surface area (Å²) in [6.45, 7) is 1.86. The molecule has 0 aliphatic rings. The van der Waals surface area contributed by atoms with Gasteiger partial charge in [-0.15, -0.1) is 0 Å². The third-order valence-corrected chi connectivity index (χ3v) is 5.05. The average Bonchev–Trinajstić information content (AvgIpc) is 3.07. The van der Waals surface area contributed by atoms with Crippen LogP contribution in [0.15, 0.2) is 59.4 Å². The molecule has 4 aromatic rings. The van der Waals surface area contributed by atoms with Crippen LogP contribution in [-0.2, 0) is 18.3 Å². The van der Waals surface area contributed by atoms with E-state index in [9.17, 15) is 9.59 Å². The Kier molecular flexibility index (Phi) is 5.37. The molecule has 1 N–H and O–H groups in total. The molecule has 7 nitrogen and oxygen atoms in total. The number of nitrogens with zero attached hydrogens (tertiary/aromatic N) is 4. The van der Waals surface area contributed by atoms with Gasteiger partial charge in [0.05, 0.1) is 11.4 Å². The van der Waals surface area contributed by atoms with E-state index >= 15 is 0 Å². The van der Waals surface area contributed by atoms with Crippen molar-refractivity contribution in [1.82, 2.24) is 19.3 Å². The third-order valence-electron chi connectivity index (χ3n) is 4.82. The first kappa shape index (κ1) is 19.8. The van der Waals surface area contributed by atoms with E-state index in [1.807, 2.05) is 37.3 Å². The van der Waals surface area contributed by atoms with Crippen LogP contribution in [0.3, 0.4) is 0 Å². The van der Waals surface area contributed by atoms with E-state index in [0.717, 1.165) is 5.69 Å². The van der Waals surface area contributed by atoms with Crippen molar-refractivity contribution >= 4 is 34.4 Å². The van der Waals surface area contributed by atoms with Crippen molar-refractivity contribution in [2.45, 2.75) is 19.8 Å². The molecule has 0 bridgehead atoms. The lowest BCUT2D eigenvalue weighted by molar-refractivity contribution is -0.116. The van der Waals surface area contributed by atoms with Crippen molar-refractivity contribution in [3.8, 4) is 5.69 Å². The summed E-state index contributed by atoms with van der Waals surface area (Å²) in [6.07, 6.45) is 0.358. The monoisotopic (exact) mass is 421 g/mol. The molecule has 2 aromatic carbocycles. The van der Waals surface area contributed by atoms with E-state index in [-0.39, 0.29) is 24.3 Å². The first-order valence-electron chi connectivity index (χ1n) is 9.50. The van der Waals surface area contributed by atoms with E-state index in [0.29, 0.717) is 33.3 Å². The molecule has 0 unspecified atom stereocenters. The molecule has 0 aliphatic carbocycles. The normalized spacial score (nSPS) is 11.0. The number of benzene rings is 2. The van der Waals surface area contributed by atoms with Gasteiger partial charge in [0.2, 0.25) is 5.91 Å². The fourth-order valence-corrected chi connectivity index (χ4v) is 3.54. The molecule has 0 radical (unpaired) electrons. The van der Waals surface area contributed by atoms with Crippen molar-refractivity contribution < 1.29 is 4.79 Å². The van der Waals surface area contributed by atoms with Gasteiger partial charge in [-0.1, -0.05) is 35.9 Å². The molecule has 8 heteroatoms. The molecule has 152 valence electrons. The van der Waals surface area contributed by atoms with Gasteiger partial charge in [-0.05, 0) is 37.3 Å². The van der Waals surface area contributed by atoms with Crippen LogP contribution in [0.4, 0.5) is 5.69 Å². The van der Waals surface area contributed by atoms with Gasteiger partial charge in [-0.2, -0.15) is 5.10 Å². The number of aromatic nitrogens is 4. The largest absolute Gasteiger partial charge is 0.326 e. The van der Waals surface area contributed by atoms with Crippen LogP contribution < -0.4 is 10.9 Å². The number of fused-ring (bicyclic) bond motifs is 1. The maximum Gasteiger partial charge on any atom is 0.273 e. The van der Waals surface area contributed by atoms with E-state index in [4.69, 9.17) is 11.6 Å². The molecule has 30 heavy (non-hydrogen) atoms. The molecular weight excluding hydrogens is 402 g/mol. The van der Waals surface area contributed by atoms with Gasteiger partial charge >= 0.3 is 0 Å². The molecule has 0 saturated carbocycles. The minimum atomic E-state index is -0.241. The van der Waals surface area contributed by atoms with E-state index in [1.165, 1.54) is 0 Å². The second-order valence-electron chi connectivity index (χ2n) is 6.99. The Balaban J connectivity index is 1.61. The summed E-state index contributed by atoms with van der Waals surface area (Å²) in [7, 11) is 1.70. The number of amides is 1. The minimum Gasteiger partial charge on any atom is -0.326 e. The van der Waals surface area contributed by atoms with E-state index in [2.05, 4.69) is 15.4 Å². The Labute approximate surface area is 177 Å². The van der Waals surface area contributed by atoms with Crippen LogP contribution in [0.5, 0.6) is 0 Å². The maximum atomic E-state index is 12.9. The molecule has 0 atom stereocenters. The zero-order chi connectivity index (χ0) is 21.3. The molecule has 2 heterocycles. The van der Waals surface area contributed by atoms with Gasteiger partial charge in [-0.25, -0.2) is 9.67 Å². The van der Waals surface area contributed by atoms with Crippen molar-refractivity contribution in [2.24, 2.45) is 7.05 Å². The maximum absolute atomic E-state index is 12.9. The summed E-state index contributed by atoms with van der Waals surface area (Å²) < 4.78 is 3.26. The topological polar surface area (TPSA) is 81.8 Å². The van der Waals surface area contributed by atoms with Gasteiger partial charge in [0.15, 0.2) is 5.65 Å². The van der Waals surface area contributed by atoms with Crippen LogP contribution >= 0.6 is 11.6 Å². The van der Waals surface area contributed by atoms with E-state index < -0.39 is 0 Å². The van der Waals surface area contributed by atoms with Gasteiger partial charge in [0, 0.05) is 30.6 Å². The number of carbonyl (C=O) groups excluding carboxylic acids is 1. The van der Waals surface area contributed by atoms with Crippen LogP contribution in [-0.4, -0.2) is 25.2 Å².